The van der Waals surface area contributed by atoms with E-state index in [1.54, 1.807) is 24.3 Å². The SMILES string of the molecule is CC1CC(C)(C)CC(c2ccc(OC(=O)C3CCC4C(=O)OC(=O)C4C3)cc2)(c2ccc(OC(=O)C3CCC4C(=O)OC(=O)C4C3)cc2)C1.O=C(OCCOC(=O)C1CCC2C(=O)OC(=O)C2C1)C1CCC2C(=O)OC(=O)C2C1.O=C(Oc1ccc(C2(c3ccc(OC(=O)C4CCC5C(=O)OC(=O)C5C4)cc3)CCCCC2)cc1)C1CCC2C(=O)OC(=O)C2C1. The maximum atomic E-state index is 13.1. The second kappa shape index (κ2) is 35.9. The van der Waals surface area contributed by atoms with Crippen molar-refractivity contribution in [1.82, 2.24) is 0 Å². The minimum atomic E-state index is -0.592. The molecule has 0 spiro atoms. The number of hydrogen-bond acceptors (Lipinski definition) is 30. The molecule has 6 aliphatic heterocycles. The lowest BCUT2D eigenvalue weighted by Gasteiger charge is -2.48. The van der Waals surface area contributed by atoms with Crippen LogP contribution < -0.4 is 18.9 Å². The van der Waals surface area contributed by atoms with Gasteiger partial charge in [0.15, 0.2) is 0 Å². The molecule has 6 heterocycles. The smallest absolute Gasteiger partial charge is 0.317 e. The summed E-state index contributed by atoms with van der Waals surface area (Å²) in [5.41, 5.74) is 3.88. The molecule has 6 saturated heterocycles. The van der Waals surface area contributed by atoms with E-state index in [0.29, 0.717) is 106 Å². The number of benzene rings is 4. The summed E-state index contributed by atoms with van der Waals surface area (Å²) in [5.74, 6) is -15.9. The second-order valence-electron chi connectivity index (χ2n) is 37.5. The summed E-state index contributed by atoms with van der Waals surface area (Å²) in [4.78, 5) is 219. The average molecular weight is 1720 g/mol. The summed E-state index contributed by atoms with van der Waals surface area (Å²) >= 11 is 0. The van der Waals surface area contributed by atoms with Crippen LogP contribution in [0, 0.1) is 118 Å². The highest BCUT2D eigenvalue weighted by molar-refractivity contribution is 6.01. The summed E-state index contributed by atoms with van der Waals surface area (Å²) in [6.07, 6.45) is 14.8. The molecule has 18 rings (SSSR count). The highest BCUT2D eigenvalue weighted by atomic mass is 16.6. The Labute approximate surface area is 719 Å². The normalized spacial score (nSPS) is 32.7. The maximum Gasteiger partial charge on any atom is 0.317 e. The average Bonchev–Trinajstić information content (AvgIpc) is 1.64. The number of hydrogen-bond donors (Lipinski definition) is 0. The van der Waals surface area contributed by atoms with E-state index in [2.05, 4.69) is 30.2 Å². The third-order valence-electron chi connectivity index (χ3n) is 29.1. The Morgan fingerprint density at radius 3 is 0.728 bits per heavy atom. The lowest BCUT2D eigenvalue weighted by atomic mass is 9.55. The number of rotatable bonds is 17. The van der Waals surface area contributed by atoms with E-state index in [1.807, 2.05) is 72.8 Å². The molecule has 660 valence electrons. The molecule has 14 aliphatic rings. The quantitative estimate of drug-likeness (QED) is 0.0311. The molecule has 125 heavy (non-hydrogen) atoms. The summed E-state index contributed by atoms with van der Waals surface area (Å²) in [6, 6.07) is 30.6. The predicted molar refractivity (Wildman–Crippen MR) is 424 cm³/mol. The van der Waals surface area contributed by atoms with Crippen molar-refractivity contribution in [3.63, 3.8) is 0 Å². The van der Waals surface area contributed by atoms with Gasteiger partial charge in [0, 0.05) is 10.8 Å². The van der Waals surface area contributed by atoms with Crippen LogP contribution in [0.1, 0.15) is 210 Å². The molecule has 0 N–H and O–H groups in total. The van der Waals surface area contributed by atoms with Gasteiger partial charge in [-0.25, -0.2) is 0 Å². The molecule has 4 aromatic carbocycles. The van der Waals surface area contributed by atoms with Crippen LogP contribution in [0.25, 0.3) is 0 Å². The van der Waals surface area contributed by atoms with Crippen molar-refractivity contribution < 1.29 is 143 Å². The fraction of sp³-hybridized carbons (Fsp3) is 0.558. The Morgan fingerprint density at radius 1 is 0.280 bits per heavy atom. The first-order valence-corrected chi connectivity index (χ1v) is 44.0. The van der Waals surface area contributed by atoms with E-state index in [4.69, 9.17) is 47.4 Å². The van der Waals surface area contributed by atoms with Gasteiger partial charge in [0.25, 0.3) is 0 Å². The number of carbonyl (C=O) groups is 18. The van der Waals surface area contributed by atoms with Gasteiger partial charge < -0.3 is 56.8 Å². The topological polar surface area (TPSA) is 418 Å². The van der Waals surface area contributed by atoms with Gasteiger partial charge in [0.1, 0.15) is 36.2 Å². The molecule has 0 bridgehead atoms. The molecule has 8 aliphatic carbocycles. The fourth-order valence-corrected chi connectivity index (χ4v) is 22.8. The summed E-state index contributed by atoms with van der Waals surface area (Å²) in [7, 11) is 0. The van der Waals surface area contributed by atoms with Crippen molar-refractivity contribution in [2.24, 2.45) is 118 Å². The molecule has 8 saturated carbocycles. The van der Waals surface area contributed by atoms with E-state index in [0.717, 1.165) is 73.6 Å². The Morgan fingerprint density at radius 2 is 0.496 bits per heavy atom. The van der Waals surface area contributed by atoms with Crippen molar-refractivity contribution >= 4 is 107 Å². The van der Waals surface area contributed by atoms with Crippen LogP contribution in [0.2, 0.25) is 0 Å². The molecule has 0 radical (unpaired) electrons. The van der Waals surface area contributed by atoms with Gasteiger partial charge >= 0.3 is 107 Å². The summed E-state index contributed by atoms with van der Waals surface area (Å²) < 4.78 is 61.6. The zero-order valence-corrected chi connectivity index (χ0v) is 69.8. The second-order valence-corrected chi connectivity index (χ2v) is 37.5. The molecule has 19 atom stereocenters. The molecule has 19 unspecified atom stereocenters. The maximum absolute atomic E-state index is 13.1. The molecule has 30 nitrogen and oxygen atoms in total. The molecule has 4 aromatic rings. The molecule has 14 fully saturated rings. The van der Waals surface area contributed by atoms with Crippen LogP contribution in [0.4, 0.5) is 0 Å². The first-order valence-electron chi connectivity index (χ1n) is 44.0. The van der Waals surface area contributed by atoms with Crippen LogP contribution in [0.15, 0.2) is 97.1 Å². The van der Waals surface area contributed by atoms with Gasteiger partial charge in [-0.1, -0.05) is 88.6 Å². The van der Waals surface area contributed by atoms with E-state index < -0.39 is 214 Å². The Kier molecular flexibility index (Phi) is 25.0. The number of carbonyl (C=O) groups excluding carboxylic acids is 18. The van der Waals surface area contributed by atoms with Crippen molar-refractivity contribution in [2.75, 3.05) is 13.2 Å². The number of cyclic esters (lactones) is 12. The Hall–Kier alpha value is -11.5. The third-order valence-corrected chi connectivity index (χ3v) is 29.1. The number of fused-ring (bicyclic) bond motifs is 6. The first-order chi connectivity index (χ1) is 59.9. The first kappa shape index (κ1) is 87.0. The highest BCUT2D eigenvalue weighted by Gasteiger charge is 2.56. The monoisotopic (exact) mass is 1720 g/mol. The largest absolute Gasteiger partial charge is 0.462 e. The van der Waals surface area contributed by atoms with E-state index >= 15 is 0 Å². The molecular formula is C95H100O30. The van der Waals surface area contributed by atoms with Gasteiger partial charge in [-0.15, -0.1) is 0 Å². The Balaban J connectivity index is 0.000000142. The van der Waals surface area contributed by atoms with Gasteiger partial charge in [-0.3, -0.25) is 86.3 Å². The van der Waals surface area contributed by atoms with Crippen molar-refractivity contribution in [3.8, 4) is 23.0 Å². The van der Waals surface area contributed by atoms with Crippen molar-refractivity contribution in [1.29, 1.82) is 0 Å². The highest BCUT2D eigenvalue weighted by Crippen LogP contribution is 2.55. The molecule has 0 aromatic heterocycles. The van der Waals surface area contributed by atoms with Crippen molar-refractivity contribution in [2.45, 2.75) is 199 Å². The number of esters is 18. The zero-order valence-electron chi connectivity index (χ0n) is 69.8. The molecule has 0 amide bonds. The van der Waals surface area contributed by atoms with E-state index in [1.165, 1.54) is 0 Å². The minimum Gasteiger partial charge on any atom is -0.462 e. The minimum absolute atomic E-state index is 0.0527. The van der Waals surface area contributed by atoms with Crippen LogP contribution in [0.3, 0.4) is 0 Å². The summed E-state index contributed by atoms with van der Waals surface area (Å²) in [6.45, 7) is 6.59. The molecular weight excluding hydrogens is 1620 g/mol. The van der Waals surface area contributed by atoms with E-state index in [-0.39, 0.29) is 68.0 Å². The van der Waals surface area contributed by atoms with Gasteiger partial charge in [0.2, 0.25) is 0 Å². The van der Waals surface area contributed by atoms with Crippen LogP contribution in [0.5, 0.6) is 23.0 Å². The lowest BCUT2D eigenvalue weighted by molar-refractivity contribution is -0.160. The standard InChI is InChI=1S/C39H42O10.C36H36O10.C20H22O10/c1-21-18-38(2,3)20-39(19-21,24-6-10-26(11-7-24)46-32(40)22-4-14-28-30(16-22)36(44)48-34(28)42)25-8-12-27(13-9-25)47-33(41)23-5-15-29-31(17-23)37(45)49-35(29)43;37-30(20-4-14-26-28(18-20)34(41)45-32(26)39)43-24-10-6-22(7-11-24)36(16-2-1-3-17-36)23-8-12-25(13-9-23)44-31(38)21-5-15-27-29(19-21)35(42)46-33(27)40;21-15(9-1-3-11-13(7-9)19(25)29-17(11)23)27-5-6-28-16(22)10-2-4-12-14(8-10)20(26)30-18(12)24/h6-13,21-23,28-31H,4-5,14-20H2,1-3H3;6-13,20-21,26-29H,1-5,14-19H2;9-14H,1-8H2. The molecule has 30 heteroatoms. The van der Waals surface area contributed by atoms with Gasteiger partial charge in [-0.05, 0) is 230 Å². The van der Waals surface area contributed by atoms with Crippen LogP contribution in [-0.2, 0) is 135 Å². The lowest BCUT2D eigenvalue weighted by Crippen LogP contribution is -2.41. The predicted octanol–water partition coefficient (Wildman–Crippen LogP) is 11.1. The van der Waals surface area contributed by atoms with E-state index in [9.17, 15) is 86.3 Å². The van der Waals surface area contributed by atoms with Gasteiger partial charge in [0.05, 0.1) is 107 Å². The Bertz CT molecular complexity index is 4720. The van der Waals surface area contributed by atoms with Crippen molar-refractivity contribution in [3.05, 3.63) is 119 Å². The van der Waals surface area contributed by atoms with Crippen LogP contribution in [-0.4, -0.2) is 121 Å². The number of ether oxygens (including phenoxy) is 12. The third kappa shape index (κ3) is 18.1. The zero-order chi connectivity index (χ0) is 88.1. The van der Waals surface area contributed by atoms with Crippen LogP contribution >= 0.6 is 0 Å². The van der Waals surface area contributed by atoms with Gasteiger partial charge in [-0.2, -0.15) is 0 Å². The fourth-order valence-electron chi connectivity index (χ4n) is 22.8. The summed E-state index contributed by atoms with van der Waals surface area (Å²) in [5, 5.41) is 0.